The quantitative estimate of drug-likeness (QED) is 0.338. The van der Waals surface area contributed by atoms with Crippen LogP contribution in [0, 0.1) is 11.8 Å². The Kier molecular flexibility index (Phi) is 6.73. The molecule has 0 aliphatic heterocycles. The van der Waals surface area contributed by atoms with Gasteiger partial charge in [0.1, 0.15) is 6.29 Å². The van der Waals surface area contributed by atoms with Gasteiger partial charge in [-0.15, -0.1) is 0 Å². The molecule has 0 heterocycles. The molecular weight excluding hydrogens is 148 g/mol. The summed E-state index contributed by atoms with van der Waals surface area (Å²) in [5, 5.41) is 0. The first kappa shape index (κ1) is 11.4. The van der Waals surface area contributed by atoms with Crippen molar-refractivity contribution >= 4 is 6.29 Å². The molecule has 1 heteroatoms. The van der Waals surface area contributed by atoms with Crippen LogP contribution in [0.5, 0.6) is 0 Å². The summed E-state index contributed by atoms with van der Waals surface area (Å²) >= 11 is 0. The molecule has 0 saturated heterocycles. The number of hydrogen-bond donors (Lipinski definition) is 0. The number of hydrogen-bond acceptors (Lipinski definition) is 1. The fourth-order valence-corrected chi connectivity index (χ4v) is 0.932. The van der Waals surface area contributed by atoms with Gasteiger partial charge in [-0.25, -0.2) is 0 Å². The highest BCUT2D eigenvalue weighted by molar-refractivity contribution is 5.53. The molecule has 0 fully saturated rings. The molecule has 0 amide bonds. The van der Waals surface area contributed by atoms with Crippen molar-refractivity contribution in [3.05, 3.63) is 12.2 Å². The lowest BCUT2D eigenvalue weighted by molar-refractivity contribution is -0.111. The number of rotatable bonds is 6. The lowest BCUT2D eigenvalue weighted by Gasteiger charge is -2.07. The van der Waals surface area contributed by atoms with Gasteiger partial charge in [-0.05, 0) is 12.3 Å². The standard InChI is InChI=1S/C11H20O/c1-4-5-6-7-8-10(2)11(3)9-12/h7-11H,4-6H2,1-3H3. The van der Waals surface area contributed by atoms with Gasteiger partial charge in [0.2, 0.25) is 0 Å². The van der Waals surface area contributed by atoms with Crippen molar-refractivity contribution in [2.24, 2.45) is 11.8 Å². The third kappa shape index (κ3) is 5.11. The van der Waals surface area contributed by atoms with Crippen LogP contribution < -0.4 is 0 Å². The van der Waals surface area contributed by atoms with Crippen LogP contribution in [0.15, 0.2) is 12.2 Å². The summed E-state index contributed by atoms with van der Waals surface area (Å²) < 4.78 is 0. The summed E-state index contributed by atoms with van der Waals surface area (Å²) in [7, 11) is 0. The first-order valence-corrected chi connectivity index (χ1v) is 4.84. The highest BCUT2D eigenvalue weighted by atomic mass is 16.1. The van der Waals surface area contributed by atoms with Crippen molar-refractivity contribution in [3.63, 3.8) is 0 Å². The zero-order chi connectivity index (χ0) is 9.40. The Bertz CT molecular complexity index is 138. The van der Waals surface area contributed by atoms with E-state index in [-0.39, 0.29) is 5.92 Å². The largest absolute Gasteiger partial charge is 0.303 e. The van der Waals surface area contributed by atoms with Gasteiger partial charge in [0.25, 0.3) is 0 Å². The van der Waals surface area contributed by atoms with Gasteiger partial charge >= 0.3 is 0 Å². The predicted molar refractivity (Wildman–Crippen MR) is 53.1 cm³/mol. The maximum atomic E-state index is 10.4. The van der Waals surface area contributed by atoms with E-state index < -0.39 is 0 Å². The molecule has 2 atom stereocenters. The molecule has 0 saturated carbocycles. The van der Waals surface area contributed by atoms with Gasteiger partial charge < -0.3 is 4.79 Å². The summed E-state index contributed by atoms with van der Waals surface area (Å²) in [6.07, 6.45) is 8.99. The molecule has 0 rings (SSSR count). The maximum absolute atomic E-state index is 10.4. The molecule has 0 radical (unpaired) electrons. The maximum Gasteiger partial charge on any atom is 0.123 e. The summed E-state index contributed by atoms with van der Waals surface area (Å²) in [5.41, 5.74) is 0. The van der Waals surface area contributed by atoms with Gasteiger partial charge in [0.05, 0.1) is 0 Å². The normalized spacial score (nSPS) is 16.2. The number of carbonyl (C=O) groups excluding carboxylic acids is 1. The Labute approximate surface area is 75.9 Å². The zero-order valence-corrected chi connectivity index (χ0v) is 8.42. The van der Waals surface area contributed by atoms with Crippen LogP contribution in [0.3, 0.4) is 0 Å². The van der Waals surface area contributed by atoms with Crippen molar-refractivity contribution in [1.29, 1.82) is 0 Å². The molecule has 0 aliphatic carbocycles. The fourth-order valence-electron chi connectivity index (χ4n) is 0.932. The minimum atomic E-state index is 0.155. The van der Waals surface area contributed by atoms with E-state index >= 15 is 0 Å². The van der Waals surface area contributed by atoms with Crippen LogP contribution in [0.2, 0.25) is 0 Å². The second-order valence-corrected chi connectivity index (χ2v) is 3.42. The third-order valence-electron chi connectivity index (χ3n) is 2.21. The van der Waals surface area contributed by atoms with Gasteiger partial charge in [-0.2, -0.15) is 0 Å². The zero-order valence-electron chi connectivity index (χ0n) is 8.42. The van der Waals surface area contributed by atoms with Gasteiger partial charge in [0.15, 0.2) is 0 Å². The number of aldehydes is 1. The van der Waals surface area contributed by atoms with Gasteiger partial charge in [0, 0.05) is 5.92 Å². The number of carbonyl (C=O) groups is 1. The smallest absolute Gasteiger partial charge is 0.123 e. The van der Waals surface area contributed by atoms with Crippen molar-refractivity contribution in [3.8, 4) is 0 Å². The first-order chi connectivity index (χ1) is 5.72. The SMILES string of the molecule is CCCCC=CC(C)C(C)C=O. The molecule has 70 valence electrons. The average Bonchev–Trinajstić information content (AvgIpc) is 2.10. The first-order valence-electron chi connectivity index (χ1n) is 4.84. The molecule has 0 bridgehead atoms. The topological polar surface area (TPSA) is 17.1 Å². The highest BCUT2D eigenvalue weighted by Gasteiger charge is 2.05. The monoisotopic (exact) mass is 168 g/mol. The number of allylic oxidation sites excluding steroid dienone is 2. The van der Waals surface area contributed by atoms with Crippen molar-refractivity contribution in [1.82, 2.24) is 0 Å². The Balaban J connectivity index is 3.59. The van der Waals surface area contributed by atoms with Crippen molar-refractivity contribution in [2.75, 3.05) is 0 Å². The fraction of sp³-hybridized carbons (Fsp3) is 0.727. The van der Waals surface area contributed by atoms with Crippen LogP contribution in [-0.4, -0.2) is 6.29 Å². The van der Waals surface area contributed by atoms with E-state index in [1.807, 2.05) is 6.92 Å². The molecule has 0 aromatic rings. The molecule has 2 unspecified atom stereocenters. The van der Waals surface area contributed by atoms with E-state index in [1.54, 1.807) is 0 Å². The molecule has 1 nitrogen and oxygen atoms in total. The predicted octanol–water partition coefficient (Wildman–Crippen LogP) is 3.20. The Morgan fingerprint density at radius 3 is 2.42 bits per heavy atom. The Morgan fingerprint density at radius 1 is 1.25 bits per heavy atom. The molecule has 0 N–H and O–H groups in total. The van der Waals surface area contributed by atoms with E-state index in [0.717, 1.165) is 12.7 Å². The lowest BCUT2D eigenvalue weighted by atomic mass is 9.97. The lowest BCUT2D eigenvalue weighted by Crippen LogP contribution is -2.05. The number of unbranched alkanes of at least 4 members (excludes halogenated alkanes) is 2. The molecule has 0 aromatic carbocycles. The molecular formula is C11H20O. The van der Waals surface area contributed by atoms with Gasteiger partial charge in [-0.1, -0.05) is 45.8 Å². The van der Waals surface area contributed by atoms with E-state index in [2.05, 4.69) is 26.0 Å². The summed E-state index contributed by atoms with van der Waals surface area (Å²) in [6, 6.07) is 0. The Morgan fingerprint density at radius 2 is 1.92 bits per heavy atom. The summed E-state index contributed by atoms with van der Waals surface area (Å²) in [5.74, 6) is 0.544. The molecule has 0 aliphatic rings. The molecule has 0 aromatic heterocycles. The van der Waals surface area contributed by atoms with Crippen molar-refractivity contribution in [2.45, 2.75) is 40.0 Å². The summed E-state index contributed by atoms with van der Waals surface area (Å²) in [6.45, 7) is 6.23. The Hall–Kier alpha value is -0.590. The molecule has 0 spiro atoms. The van der Waals surface area contributed by atoms with E-state index in [4.69, 9.17) is 0 Å². The summed E-state index contributed by atoms with van der Waals surface area (Å²) in [4.78, 5) is 10.4. The van der Waals surface area contributed by atoms with Crippen LogP contribution in [0.4, 0.5) is 0 Å². The van der Waals surface area contributed by atoms with Crippen molar-refractivity contribution < 1.29 is 4.79 Å². The van der Waals surface area contributed by atoms with Crippen LogP contribution in [0.25, 0.3) is 0 Å². The van der Waals surface area contributed by atoms with Crippen LogP contribution in [0.1, 0.15) is 40.0 Å². The second kappa shape index (κ2) is 7.08. The molecule has 12 heavy (non-hydrogen) atoms. The minimum absolute atomic E-state index is 0.155. The third-order valence-corrected chi connectivity index (χ3v) is 2.21. The van der Waals surface area contributed by atoms with Crippen LogP contribution >= 0.6 is 0 Å². The highest BCUT2D eigenvalue weighted by Crippen LogP contribution is 2.10. The van der Waals surface area contributed by atoms with Gasteiger partial charge in [-0.3, -0.25) is 0 Å². The van der Waals surface area contributed by atoms with E-state index in [0.29, 0.717) is 5.92 Å². The minimum Gasteiger partial charge on any atom is -0.303 e. The average molecular weight is 168 g/mol. The van der Waals surface area contributed by atoms with Crippen LogP contribution in [-0.2, 0) is 4.79 Å². The van der Waals surface area contributed by atoms with E-state index in [9.17, 15) is 4.79 Å². The van der Waals surface area contributed by atoms with E-state index in [1.165, 1.54) is 12.8 Å². The second-order valence-electron chi connectivity index (χ2n) is 3.42.